The lowest BCUT2D eigenvalue weighted by Gasteiger charge is -2.31. The fourth-order valence-electron chi connectivity index (χ4n) is 5.21. The van der Waals surface area contributed by atoms with Crippen molar-refractivity contribution >= 4 is 17.4 Å². The van der Waals surface area contributed by atoms with Gasteiger partial charge in [0.15, 0.2) is 5.82 Å². The van der Waals surface area contributed by atoms with E-state index in [0.29, 0.717) is 12.6 Å². The summed E-state index contributed by atoms with van der Waals surface area (Å²) in [5.74, 6) is 1.27. The van der Waals surface area contributed by atoms with E-state index in [-0.39, 0.29) is 5.91 Å². The number of amides is 1. The summed E-state index contributed by atoms with van der Waals surface area (Å²) in [6.07, 6.45) is 6.93. The molecule has 8 nitrogen and oxygen atoms in total. The average Bonchev–Trinajstić information content (AvgIpc) is 3.35. The largest absolute Gasteiger partial charge is 0.367 e. The Morgan fingerprint density at radius 3 is 2.84 bits per heavy atom. The van der Waals surface area contributed by atoms with Gasteiger partial charge >= 0.3 is 0 Å². The van der Waals surface area contributed by atoms with Crippen LogP contribution in [0.2, 0.25) is 0 Å². The van der Waals surface area contributed by atoms with E-state index in [0.717, 1.165) is 62.6 Å². The predicted octanol–water partition coefficient (Wildman–Crippen LogP) is 2.26. The SMILES string of the molecule is CC(=O)N1CCc2c(c(N3CCCc4cc(-c5cn(C)cn5)ccc43)[nH][n+]2C2COC2)C1. The Labute approximate surface area is 187 Å². The highest BCUT2D eigenvalue weighted by Crippen LogP contribution is 2.38. The third-order valence-electron chi connectivity index (χ3n) is 7.02. The monoisotopic (exact) mass is 433 g/mol. The number of aromatic amines is 1. The van der Waals surface area contributed by atoms with Crippen LogP contribution in [-0.2, 0) is 36.0 Å². The van der Waals surface area contributed by atoms with Gasteiger partial charge in [-0.05, 0) is 30.5 Å². The first kappa shape index (κ1) is 19.5. The molecule has 3 aromatic rings. The quantitative estimate of drug-likeness (QED) is 0.644. The van der Waals surface area contributed by atoms with Crippen LogP contribution in [-0.4, -0.2) is 51.8 Å². The van der Waals surface area contributed by atoms with Crippen molar-refractivity contribution in [1.82, 2.24) is 19.5 Å². The van der Waals surface area contributed by atoms with Crippen molar-refractivity contribution in [3.63, 3.8) is 0 Å². The third-order valence-corrected chi connectivity index (χ3v) is 7.02. The smallest absolute Gasteiger partial charge is 0.227 e. The van der Waals surface area contributed by atoms with Crippen molar-refractivity contribution in [3.05, 3.63) is 47.5 Å². The number of fused-ring (bicyclic) bond motifs is 2. The minimum absolute atomic E-state index is 0.139. The molecule has 8 heteroatoms. The zero-order valence-corrected chi connectivity index (χ0v) is 18.7. The molecule has 1 amide bonds. The van der Waals surface area contributed by atoms with Crippen LogP contribution in [0.3, 0.4) is 0 Å². The van der Waals surface area contributed by atoms with Gasteiger partial charge < -0.3 is 19.1 Å². The number of anilines is 2. The van der Waals surface area contributed by atoms with Crippen molar-refractivity contribution < 1.29 is 14.2 Å². The number of aryl methyl sites for hydroxylation is 2. The van der Waals surface area contributed by atoms with Crippen LogP contribution in [0.5, 0.6) is 0 Å². The number of hydrogen-bond acceptors (Lipinski definition) is 4. The minimum atomic E-state index is 0.139. The molecule has 0 spiro atoms. The number of nitrogens with one attached hydrogen (secondary N) is 1. The van der Waals surface area contributed by atoms with E-state index in [9.17, 15) is 4.79 Å². The molecule has 0 bridgehead atoms. The summed E-state index contributed by atoms with van der Waals surface area (Å²) in [4.78, 5) is 21.0. The number of carbonyl (C=O) groups is 1. The highest BCUT2D eigenvalue weighted by molar-refractivity contribution is 5.75. The zero-order valence-electron chi connectivity index (χ0n) is 18.7. The maximum absolute atomic E-state index is 12.1. The number of hydrogen-bond donors (Lipinski definition) is 1. The van der Waals surface area contributed by atoms with Gasteiger partial charge in [0, 0.05) is 44.5 Å². The zero-order chi connectivity index (χ0) is 21.8. The van der Waals surface area contributed by atoms with E-state index in [1.165, 1.54) is 22.5 Å². The molecule has 0 saturated carbocycles. The second-order valence-corrected chi connectivity index (χ2v) is 9.16. The van der Waals surface area contributed by atoms with Gasteiger partial charge in [0.05, 0.1) is 30.6 Å². The van der Waals surface area contributed by atoms with E-state index in [1.54, 1.807) is 6.92 Å². The van der Waals surface area contributed by atoms with Crippen LogP contribution in [0, 0.1) is 0 Å². The summed E-state index contributed by atoms with van der Waals surface area (Å²) in [6, 6.07) is 7.05. The molecule has 0 radical (unpaired) electrons. The second-order valence-electron chi connectivity index (χ2n) is 9.16. The van der Waals surface area contributed by atoms with Crippen LogP contribution in [0.1, 0.15) is 36.2 Å². The van der Waals surface area contributed by atoms with Crippen molar-refractivity contribution in [3.8, 4) is 11.3 Å². The Bertz CT molecular complexity index is 1190. The molecule has 2 aromatic heterocycles. The van der Waals surface area contributed by atoms with Crippen LogP contribution >= 0.6 is 0 Å². The van der Waals surface area contributed by atoms with Gasteiger partial charge in [-0.3, -0.25) is 4.79 Å². The summed E-state index contributed by atoms with van der Waals surface area (Å²) in [5, 5.41) is 3.72. The number of H-pyrrole nitrogens is 1. The fraction of sp³-hybridized carbons (Fsp3) is 0.458. The molecule has 0 unspecified atom stereocenters. The molecule has 3 aliphatic rings. The molecular weight excluding hydrogens is 404 g/mol. The molecule has 1 saturated heterocycles. The Morgan fingerprint density at radius 2 is 2.12 bits per heavy atom. The Kier molecular flexibility index (Phi) is 4.57. The van der Waals surface area contributed by atoms with E-state index in [4.69, 9.17) is 4.74 Å². The maximum Gasteiger partial charge on any atom is 0.227 e. The van der Waals surface area contributed by atoms with Gasteiger partial charge in [-0.25, -0.2) is 4.98 Å². The molecule has 32 heavy (non-hydrogen) atoms. The summed E-state index contributed by atoms with van der Waals surface area (Å²) in [6.45, 7) is 5.56. The number of benzene rings is 1. The van der Waals surface area contributed by atoms with Gasteiger partial charge in [0.1, 0.15) is 13.2 Å². The molecule has 0 aliphatic carbocycles. The number of ether oxygens (including phenoxy) is 1. The summed E-state index contributed by atoms with van der Waals surface area (Å²) < 4.78 is 9.77. The molecule has 0 atom stereocenters. The highest BCUT2D eigenvalue weighted by Gasteiger charge is 2.40. The molecular formula is C24H29N6O2+. The standard InChI is InChI=1S/C24H28N6O2/c1-16(31)28-9-7-23-20(11-28)24(26-30(23)19-13-32-14-19)29-8-3-4-18-10-17(5-6-22(18)29)21-12-27(2)15-25-21/h5-6,10,12,15,19H,3-4,7-9,11,13-14H2,1-2H3/p+1. The van der Waals surface area contributed by atoms with E-state index < -0.39 is 0 Å². The minimum Gasteiger partial charge on any atom is -0.367 e. The molecule has 5 heterocycles. The first-order chi connectivity index (χ1) is 15.6. The number of imidazole rings is 1. The van der Waals surface area contributed by atoms with E-state index in [1.807, 2.05) is 22.8 Å². The molecule has 1 fully saturated rings. The normalized spacial score (nSPS) is 18.3. The Hall–Kier alpha value is -3.13. The summed E-state index contributed by atoms with van der Waals surface area (Å²) >= 11 is 0. The van der Waals surface area contributed by atoms with Crippen molar-refractivity contribution in [2.24, 2.45) is 7.05 Å². The maximum atomic E-state index is 12.1. The van der Waals surface area contributed by atoms with Crippen LogP contribution < -0.4 is 9.58 Å². The van der Waals surface area contributed by atoms with Crippen molar-refractivity contribution in [2.45, 2.75) is 38.8 Å². The number of carbonyl (C=O) groups excluding carboxylic acids is 1. The summed E-state index contributed by atoms with van der Waals surface area (Å²) in [5.41, 5.74) is 7.33. The van der Waals surface area contributed by atoms with E-state index >= 15 is 0 Å². The number of rotatable bonds is 3. The molecule has 166 valence electrons. The lowest BCUT2D eigenvalue weighted by atomic mass is 9.97. The van der Waals surface area contributed by atoms with Gasteiger partial charge in [-0.15, -0.1) is 9.78 Å². The fourth-order valence-corrected chi connectivity index (χ4v) is 5.21. The first-order valence-corrected chi connectivity index (χ1v) is 11.5. The van der Waals surface area contributed by atoms with Crippen LogP contribution in [0.15, 0.2) is 30.7 Å². The predicted molar refractivity (Wildman–Crippen MR) is 120 cm³/mol. The van der Waals surface area contributed by atoms with Gasteiger partial charge in [-0.1, -0.05) is 6.07 Å². The third kappa shape index (κ3) is 3.12. The van der Waals surface area contributed by atoms with Crippen molar-refractivity contribution in [2.75, 3.05) is 31.2 Å². The number of nitrogens with zero attached hydrogens (tertiary/aromatic N) is 5. The van der Waals surface area contributed by atoms with Gasteiger partial charge in [0.2, 0.25) is 17.6 Å². The van der Waals surface area contributed by atoms with E-state index in [2.05, 4.69) is 44.1 Å². The second kappa shape index (κ2) is 7.48. The Balaban J connectivity index is 1.41. The van der Waals surface area contributed by atoms with Gasteiger partial charge in [-0.2, -0.15) is 0 Å². The summed E-state index contributed by atoms with van der Waals surface area (Å²) in [7, 11) is 2.00. The molecule has 3 aliphatic heterocycles. The first-order valence-electron chi connectivity index (χ1n) is 11.5. The average molecular weight is 434 g/mol. The Morgan fingerprint density at radius 1 is 1.25 bits per heavy atom. The van der Waals surface area contributed by atoms with Crippen molar-refractivity contribution in [1.29, 1.82) is 0 Å². The lowest BCUT2D eigenvalue weighted by Crippen LogP contribution is -2.55. The topological polar surface area (TPSA) is 70.3 Å². The molecule has 1 N–H and O–H groups in total. The molecule has 6 rings (SSSR count). The van der Waals surface area contributed by atoms with Crippen LogP contribution in [0.25, 0.3) is 11.3 Å². The highest BCUT2D eigenvalue weighted by atomic mass is 16.5. The number of aromatic nitrogens is 4. The van der Waals surface area contributed by atoms with Gasteiger partial charge in [0.25, 0.3) is 0 Å². The lowest BCUT2D eigenvalue weighted by molar-refractivity contribution is -0.795. The molecule has 1 aromatic carbocycles. The van der Waals surface area contributed by atoms with Crippen LogP contribution in [0.4, 0.5) is 11.5 Å².